The van der Waals surface area contributed by atoms with E-state index in [0.717, 1.165) is 16.3 Å². The summed E-state index contributed by atoms with van der Waals surface area (Å²) in [5.74, 6) is 0.541. The summed E-state index contributed by atoms with van der Waals surface area (Å²) in [6.07, 6.45) is 0.713. The fourth-order valence-corrected chi connectivity index (χ4v) is 1.64. The van der Waals surface area contributed by atoms with Crippen LogP contribution in [-0.2, 0) is 6.42 Å². The lowest BCUT2D eigenvalue weighted by Crippen LogP contribution is -1.96. The number of aromatic nitrogens is 1. The van der Waals surface area contributed by atoms with Crippen molar-refractivity contribution in [1.29, 1.82) is 0 Å². The third-order valence-electron chi connectivity index (χ3n) is 2.16. The van der Waals surface area contributed by atoms with E-state index in [1.165, 1.54) is 0 Å². The predicted molar refractivity (Wildman–Crippen MR) is 62.9 cm³/mol. The largest absolute Gasteiger partial charge is 0.384 e. The monoisotopic (exact) mass is 218 g/mol. The summed E-state index contributed by atoms with van der Waals surface area (Å²) in [6, 6.07) is 13.4. The fourth-order valence-electron chi connectivity index (χ4n) is 1.43. The van der Waals surface area contributed by atoms with Gasteiger partial charge in [0, 0.05) is 17.1 Å². The quantitative estimate of drug-likeness (QED) is 0.842. The van der Waals surface area contributed by atoms with E-state index in [0.29, 0.717) is 12.2 Å². The molecular weight excluding hydrogens is 208 g/mol. The summed E-state index contributed by atoms with van der Waals surface area (Å²) in [6.45, 7) is 0. The van der Waals surface area contributed by atoms with Crippen molar-refractivity contribution in [2.45, 2.75) is 6.42 Å². The van der Waals surface area contributed by atoms with E-state index in [-0.39, 0.29) is 0 Å². The number of hydrogen-bond donors (Lipinski definition) is 1. The van der Waals surface area contributed by atoms with Gasteiger partial charge in [-0.05, 0) is 23.8 Å². The summed E-state index contributed by atoms with van der Waals surface area (Å²) in [4.78, 5) is 4.23. The molecule has 1 aromatic heterocycles. The second-order valence-electron chi connectivity index (χ2n) is 3.32. The van der Waals surface area contributed by atoms with Gasteiger partial charge in [0.15, 0.2) is 0 Å². The molecule has 0 saturated carbocycles. The Bertz CT molecular complexity index is 469. The lowest BCUT2D eigenvalue weighted by Gasteiger charge is -2.03. The van der Waals surface area contributed by atoms with Crippen molar-refractivity contribution in [3.05, 3.63) is 58.7 Å². The first-order chi connectivity index (χ1) is 7.25. The number of hydrogen-bond acceptors (Lipinski definition) is 2. The Morgan fingerprint density at radius 2 is 1.87 bits per heavy atom. The zero-order valence-corrected chi connectivity index (χ0v) is 8.91. The van der Waals surface area contributed by atoms with Crippen LogP contribution in [0.1, 0.15) is 11.3 Å². The van der Waals surface area contributed by atoms with Gasteiger partial charge in [-0.15, -0.1) is 0 Å². The molecule has 3 heteroatoms. The first kappa shape index (κ1) is 9.99. The first-order valence-electron chi connectivity index (χ1n) is 4.70. The molecule has 0 spiro atoms. The molecule has 2 aromatic rings. The molecule has 0 amide bonds. The normalized spacial score (nSPS) is 10.2. The van der Waals surface area contributed by atoms with Crippen molar-refractivity contribution in [3.8, 4) is 0 Å². The van der Waals surface area contributed by atoms with Crippen LogP contribution in [0.15, 0.2) is 42.5 Å². The highest BCUT2D eigenvalue weighted by Crippen LogP contribution is 2.18. The number of nitrogens with two attached hydrogens (primary N) is 1. The predicted octanol–water partition coefficient (Wildman–Crippen LogP) is 2.91. The van der Waals surface area contributed by atoms with Crippen LogP contribution in [0, 0.1) is 0 Å². The lowest BCUT2D eigenvalue weighted by atomic mass is 10.1. The number of benzene rings is 1. The average molecular weight is 219 g/mol. The number of nitrogens with zero attached hydrogens (tertiary/aromatic N) is 1. The van der Waals surface area contributed by atoms with Crippen LogP contribution in [0.5, 0.6) is 0 Å². The summed E-state index contributed by atoms with van der Waals surface area (Å²) < 4.78 is 0. The minimum Gasteiger partial charge on any atom is -0.384 e. The van der Waals surface area contributed by atoms with Gasteiger partial charge in [-0.25, -0.2) is 4.98 Å². The number of rotatable bonds is 2. The SMILES string of the molecule is Nc1cccc(Cc2ccccc2Cl)n1. The standard InChI is InChI=1S/C12H11ClN2/c13-11-6-2-1-4-9(11)8-10-5-3-7-12(14)15-10/h1-7H,8H2,(H2,14,15). The number of anilines is 1. The van der Waals surface area contributed by atoms with Crippen LogP contribution in [-0.4, -0.2) is 4.98 Å². The highest BCUT2D eigenvalue weighted by molar-refractivity contribution is 6.31. The molecular formula is C12H11ClN2. The molecule has 0 fully saturated rings. The van der Waals surface area contributed by atoms with Gasteiger partial charge >= 0.3 is 0 Å². The summed E-state index contributed by atoms with van der Waals surface area (Å²) in [5, 5.41) is 0.765. The molecule has 0 saturated heterocycles. The van der Waals surface area contributed by atoms with Crippen LogP contribution >= 0.6 is 11.6 Å². The van der Waals surface area contributed by atoms with E-state index in [1.54, 1.807) is 6.07 Å². The summed E-state index contributed by atoms with van der Waals surface area (Å²) in [7, 11) is 0. The third kappa shape index (κ3) is 2.48. The second-order valence-corrected chi connectivity index (χ2v) is 3.73. The van der Waals surface area contributed by atoms with E-state index < -0.39 is 0 Å². The van der Waals surface area contributed by atoms with Gasteiger partial charge < -0.3 is 5.73 Å². The maximum absolute atomic E-state index is 6.05. The molecule has 76 valence electrons. The average Bonchev–Trinajstić information content (AvgIpc) is 2.22. The molecule has 0 aliphatic rings. The summed E-state index contributed by atoms with van der Waals surface area (Å²) >= 11 is 6.05. The minimum atomic E-state index is 0.541. The van der Waals surface area contributed by atoms with Gasteiger partial charge in [-0.3, -0.25) is 0 Å². The molecule has 1 aromatic carbocycles. The molecule has 0 radical (unpaired) electrons. The Morgan fingerprint density at radius 3 is 2.60 bits per heavy atom. The number of halogens is 1. The highest BCUT2D eigenvalue weighted by atomic mass is 35.5. The van der Waals surface area contributed by atoms with Crippen LogP contribution in [0.4, 0.5) is 5.82 Å². The Hall–Kier alpha value is -1.54. The Labute approximate surface area is 93.7 Å². The van der Waals surface area contributed by atoms with Gasteiger partial charge in [0.05, 0.1) is 0 Å². The Balaban J connectivity index is 2.26. The maximum atomic E-state index is 6.05. The molecule has 2 N–H and O–H groups in total. The van der Waals surface area contributed by atoms with Gasteiger partial charge in [0.1, 0.15) is 5.82 Å². The molecule has 0 bridgehead atoms. The van der Waals surface area contributed by atoms with Gasteiger partial charge in [0.2, 0.25) is 0 Å². The molecule has 2 nitrogen and oxygen atoms in total. The van der Waals surface area contributed by atoms with Crippen molar-refractivity contribution >= 4 is 17.4 Å². The van der Waals surface area contributed by atoms with Crippen LogP contribution in [0.3, 0.4) is 0 Å². The van der Waals surface area contributed by atoms with Crippen molar-refractivity contribution in [2.75, 3.05) is 5.73 Å². The van der Waals surface area contributed by atoms with E-state index >= 15 is 0 Å². The zero-order chi connectivity index (χ0) is 10.7. The summed E-state index contributed by atoms with van der Waals surface area (Å²) in [5.41, 5.74) is 7.61. The molecule has 1 heterocycles. The third-order valence-corrected chi connectivity index (χ3v) is 2.53. The topological polar surface area (TPSA) is 38.9 Å². The Morgan fingerprint density at radius 1 is 1.07 bits per heavy atom. The molecule has 0 aliphatic carbocycles. The van der Waals surface area contributed by atoms with Crippen LogP contribution in [0.25, 0.3) is 0 Å². The lowest BCUT2D eigenvalue weighted by molar-refractivity contribution is 1.08. The van der Waals surface area contributed by atoms with Crippen LogP contribution in [0.2, 0.25) is 5.02 Å². The molecule has 0 aliphatic heterocycles. The van der Waals surface area contributed by atoms with Crippen molar-refractivity contribution < 1.29 is 0 Å². The number of pyridine rings is 1. The smallest absolute Gasteiger partial charge is 0.123 e. The van der Waals surface area contributed by atoms with Gasteiger partial charge in [-0.2, -0.15) is 0 Å². The van der Waals surface area contributed by atoms with E-state index in [4.69, 9.17) is 17.3 Å². The molecule has 0 unspecified atom stereocenters. The molecule has 0 atom stereocenters. The maximum Gasteiger partial charge on any atom is 0.123 e. The first-order valence-corrected chi connectivity index (χ1v) is 5.08. The molecule has 15 heavy (non-hydrogen) atoms. The Kier molecular flexibility index (Phi) is 2.88. The number of nitrogen functional groups attached to an aromatic ring is 1. The van der Waals surface area contributed by atoms with E-state index in [9.17, 15) is 0 Å². The fraction of sp³-hybridized carbons (Fsp3) is 0.0833. The van der Waals surface area contributed by atoms with Crippen molar-refractivity contribution in [1.82, 2.24) is 4.98 Å². The van der Waals surface area contributed by atoms with Gasteiger partial charge in [-0.1, -0.05) is 35.9 Å². The highest BCUT2D eigenvalue weighted by Gasteiger charge is 2.01. The van der Waals surface area contributed by atoms with Crippen LogP contribution < -0.4 is 5.73 Å². The minimum absolute atomic E-state index is 0.541. The van der Waals surface area contributed by atoms with Crippen molar-refractivity contribution in [3.63, 3.8) is 0 Å². The van der Waals surface area contributed by atoms with E-state index in [2.05, 4.69) is 4.98 Å². The second kappa shape index (κ2) is 4.32. The molecule has 2 rings (SSSR count). The van der Waals surface area contributed by atoms with Gasteiger partial charge in [0.25, 0.3) is 0 Å². The zero-order valence-electron chi connectivity index (χ0n) is 8.15. The van der Waals surface area contributed by atoms with Crippen molar-refractivity contribution in [2.24, 2.45) is 0 Å². The van der Waals surface area contributed by atoms with E-state index in [1.807, 2.05) is 36.4 Å².